The Kier molecular flexibility index (Phi) is 4.65. The highest BCUT2D eigenvalue weighted by Gasteiger charge is 2.16. The molecule has 0 saturated heterocycles. The fourth-order valence-corrected chi connectivity index (χ4v) is 2.32. The number of nitrogens with one attached hydrogen (secondary N) is 1. The molecule has 0 aromatic heterocycles. The molecule has 17 heavy (non-hydrogen) atoms. The highest BCUT2D eigenvalue weighted by atomic mass is 32.2. The number of halogens is 1. The van der Waals surface area contributed by atoms with Crippen LogP contribution in [-0.4, -0.2) is 15.0 Å². The quantitative estimate of drug-likeness (QED) is 0.882. The largest absolute Gasteiger partial charge is 0.240 e. The van der Waals surface area contributed by atoms with E-state index in [2.05, 4.69) is 4.72 Å². The van der Waals surface area contributed by atoms with E-state index in [-0.39, 0.29) is 10.8 Å². The molecule has 1 atom stereocenters. The standard InChI is InChI=1S/C12H18FNO2S/c1-9(2)10(3)8-14-17(15,16)12-6-4-11(13)5-7-12/h4-7,9-10,14H,8H2,1-3H3. The van der Waals surface area contributed by atoms with Gasteiger partial charge in [-0.1, -0.05) is 20.8 Å². The van der Waals surface area contributed by atoms with Crippen LogP contribution in [0.1, 0.15) is 20.8 Å². The van der Waals surface area contributed by atoms with Gasteiger partial charge in [-0.3, -0.25) is 0 Å². The minimum atomic E-state index is -3.52. The normalized spacial score (nSPS) is 13.9. The molecule has 0 bridgehead atoms. The van der Waals surface area contributed by atoms with E-state index in [9.17, 15) is 12.8 Å². The van der Waals surface area contributed by atoms with Gasteiger partial charge in [-0.25, -0.2) is 17.5 Å². The summed E-state index contributed by atoms with van der Waals surface area (Å²) in [5.41, 5.74) is 0. The average molecular weight is 259 g/mol. The molecule has 1 aromatic rings. The maximum atomic E-state index is 12.7. The topological polar surface area (TPSA) is 46.2 Å². The zero-order valence-corrected chi connectivity index (χ0v) is 11.1. The summed E-state index contributed by atoms with van der Waals surface area (Å²) in [7, 11) is -3.52. The first-order chi connectivity index (χ1) is 7.83. The second-order valence-corrected chi connectivity index (χ2v) is 6.29. The third-order valence-electron chi connectivity index (χ3n) is 2.86. The molecular weight excluding hydrogens is 241 g/mol. The summed E-state index contributed by atoms with van der Waals surface area (Å²) < 4.78 is 38.9. The Morgan fingerprint density at radius 1 is 1.18 bits per heavy atom. The van der Waals surface area contributed by atoms with Gasteiger partial charge in [-0.15, -0.1) is 0 Å². The van der Waals surface area contributed by atoms with Crippen molar-refractivity contribution in [1.29, 1.82) is 0 Å². The maximum absolute atomic E-state index is 12.7. The smallest absolute Gasteiger partial charge is 0.211 e. The van der Waals surface area contributed by atoms with E-state index >= 15 is 0 Å². The molecular formula is C12H18FNO2S. The van der Waals surface area contributed by atoms with Crippen LogP contribution in [0.5, 0.6) is 0 Å². The molecule has 0 aliphatic heterocycles. The van der Waals surface area contributed by atoms with Crippen molar-refractivity contribution in [2.45, 2.75) is 25.7 Å². The lowest BCUT2D eigenvalue weighted by Gasteiger charge is -2.16. The van der Waals surface area contributed by atoms with Crippen LogP contribution in [0.25, 0.3) is 0 Å². The first kappa shape index (κ1) is 14.1. The first-order valence-electron chi connectivity index (χ1n) is 5.58. The van der Waals surface area contributed by atoms with Gasteiger partial charge in [0.15, 0.2) is 0 Å². The summed E-state index contributed by atoms with van der Waals surface area (Å²) in [5, 5.41) is 0. The summed E-state index contributed by atoms with van der Waals surface area (Å²) in [6.07, 6.45) is 0. The fraction of sp³-hybridized carbons (Fsp3) is 0.500. The van der Waals surface area contributed by atoms with Crippen molar-refractivity contribution in [3.63, 3.8) is 0 Å². The van der Waals surface area contributed by atoms with Crippen LogP contribution in [-0.2, 0) is 10.0 Å². The van der Waals surface area contributed by atoms with E-state index in [1.54, 1.807) is 0 Å². The summed E-state index contributed by atoms with van der Waals surface area (Å²) in [5.74, 6) is 0.218. The Bertz CT molecular complexity index is 454. The van der Waals surface area contributed by atoms with Gasteiger partial charge >= 0.3 is 0 Å². The Morgan fingerprint density at radius 2 is 1.71 bits per heavy atom. The van der Waals surface area contributed by atoms with Crippen molar-refractivity contribution >= 4 is 10.0 Å². The van der Waals surface area contributed by atoms with Crippen LogP contribution >= 0.6 is 0 Å². The highest BCUT2D eigenvalue weighted by molar-refractivity contribution is 7.89. The van der Waals surface area contributed by atoms with Gasteiger partial charge in [0.1, 0.15) is 5.82 Å². The van der Waals surface area contributed by atoms with E-state index in [1.807, 2.05) is 20.8 Å². The first-order valence-corrected chi connectivity index (χ1v) is 7.06. The SMILES string of the molecule is CC(C)C(C)CNS(=O)(=O)c1ccc(F)cc1. The zero-order chi connectivity index (χ0) is 13.1. The molecule has 1 aromatic carbocycles. The van der Waals surface area contributed by atoms with Crippen molar-refractivity contribution in [2.24, 2.45) is 11.8 Å². The lowest BCUT2D eigenvalue weighted by Crippen LogP contribution is -2.30. The Hall–Kier alpha value is -0.940. The molecule has 0 heterocycles. The van der Waals surface area contributed by atoms with Crippen molar-refractivity contribution in [1.82, 2.24) is 4.72 Å². The summed E-state index contributed by atoms with van der Waals surface area (Å²) in [6.45, 7) is 6.45. The minimum Gasteiger partial charge on any atom is -0.211 e. The molecule has 1 unspecified atom stereocenters. The van der Waals surface area contributed by atoms with Crippen LogP contribution in [0.15, 0.2) is 29.2 Å². The van der Waals surface area contributed by atoms with Crippen molar-refractivity contribution in [3.05, 3.63) is 30.1 Å². The van der Waals surface area contributed by atoms with Crippen molar-refractivity contribution < 1.29 is 12.8 Å². The van der Waals surface area contributed by atoms with Gasteiger partial charge in [-0.05, 0) is 36.1 Å². The van der Waals surface area contributed by atoms with Gasteiger partial charge in [0.2, 0.25) is 10.0 Å². The predicted molar refractivity (Wildman–Crippen MR) is 65.6 cm³/mol. The van der Waals surface area contributed by atoms with Crippen molar-refractivity contribution in [3.8, 4) is 0 Å². The monoisotopic (exact) mass is 259 g/mol. The van der Waals surface area contributed by atoms with E-state index in [4.69, 9.17) is 0 Å². The molecule has 0 radical (unpaired) electrons. The minimum absolute atomic E-state index is 0.0925. The molecule has 5 heteroatoms. The number of sulfonamides is 1. The lowest BCUT2D eigenvalue weighted by molar-refractivity contribution is 0.414. The molecule has 0 saturated carbocycles. The number of benzene rings is 1. The third-order valence-corrected chi connectivity index (χ3v) is 4.30. The molecule has 3 nitrogen and oxygen atoms in total. The van der Waals surface area contributed by atoms with Gasteiger partial charge in [-0.2, -0.15) is 0 Å². The predicted octanol–water partition coefficient (Wildman–Crippen LogP) is 2.40. The summed E-state index contributed by atoms with van der Waals surface area (Å²) in [4.78, 5) is 0.0925. The number of rotatable bonds is 5. The van der Waals surface area contributed by atoms with E-state index < -0.39 is 15.8 Å². The molecule has 1 rings (SSSR count). The number of hydrogen-bond acceptors (Lipinski definition) is 2. The maximum Gasteiger partial charge on any atom is 0.240 e. The molecule has 0 aliphatic carbocycles. The van der Waals surface area contributed by atoms with E-state index in [0.29, 0.717) is 12.5 Å². The van der Waals surface area contributed by atoms with E-state index in [1.165, 1.54) is 12.1 Å². The van der Waals surface area contributed by atoms with Gasteiger partial charge < -0.3 is 0 Å². The van der Waals surface area contributed by atoms with Crippen LogP contribution in [0.3, 0.4) is 0 Å². The highest BCUT2D eigenvalue weighted by Crippen LogP contribution is 2.12. The molecule has 96 valence electrons. The Balaban J connectivity index is 2.72. The van der Waals surface area contributed by atoms with Crippen LogP contribution in [0, 0.1) is 17.7 Å². The van der Waals surface area contributed by atoms with Crippen LogP contribution < -0.4 is 4.72 Å². The second kappa shape index (κ2) is 5.60. The molecule has 0 spiro atoms. The lowest BCUT2D eigenvalue weighted by atomic mass is 9.99. The van der Waals surface area contributed by atoms with Crippen LogP contribution in [0.4, 0.5) is 4.39 Å². The zero-order valence-electron chi connectivity index (χ0n) is 10.3. The Morgan fingerprint density at radius 3 is 2.18 bits per heavy atom. The van der Waals surface area contributed by atoms with Gasteiger partial charge in [0.25, 0.3) is 0 Å². The summed E-state index contributed by atoms with van der Waals surface area (Å²) >= 11 is 0. The molecule has 1 N–H and O–H groups in total. The third kappa shape index (κ3) is 4.09. The molecule has 0 aliphatic rings. The van der Waals surface area contributed by atoms with Gasteiger partial charge in [0.05, 0.1) is 4.90 Å². The van der Waals surface area contributed by atoms with Crippen LogP contribution in [0.2, 0.25) is 0 Å². The number of hydrogen-bond donors (Lipinski definition) is 1. The second-order valence-electron chi connectivity index (χ2n) is 4.53. The fourth-order valence-electron chi connectivity index (χ4n) is 1.17. The average Bonchev–Trinajstić information content (AvgIpc) is 2.26. The molecule has 0 amide bonds. The van der Waals surface area contributed by atoms with E-state index in [0.717, 1.165) is 12.1 Å². The molecule has 0 fully saturated rings. The Labute approximate surface area is 102 Å². The summed E-state index contributed by atoms with van der Waals surface area (Å²) in [6, 6.07) is 4.80. The van der Waals surface area contributed by atoms with Crippen molar-refractivity contribution in [2.75, 3.05) is 6.54 Å². The van der Waals surface area contributed by atoms with Gasteiger partial charge in [0, 0.05) is 6.54 Å².